The van der Waals surface area contributed by atoms with Crippen molar-refractivity contribution in [1.82, 2.24) is 0 Å². The lowest BCUT2D eigenvalue weighted by molar-refractivity contribution is 0.843. The quantitative estimate of drug-likeness (QED) is 0.0715. The molecule has 188 valence electrons. The summed E-state index contributed by atoms with van der Waals surface area (Å²) in [6.45, 7) is 0. The smallest absolute Gasteiger partial charge is 0.295 e. The van der Waals surface area contributed by atoms with Crippen LogP contribution in [0.4, 0.5) is 4.11 Å². The number of hydrogen-bond donors (Lipinski definition) is 0. The number of rotatable bonds is 4. The van der Waals surface area contributed by atoms with Crippen LogP contribution in [0.25, 0.3) is 43.1 Å². The predicted octanol–water partition coefficient (Wildman–Crippen LogP) is 7.47. The molecule has 0 amide bonds. The Labute approximate surface area is 232 Å². The van der Waals surface area contributed by atoms with Gasteiger partial charge in [0.25, 0.3) is 0 Å². The van der Waals surface area contributed by atoms with E-state index < -0.39 is 8.41 Å². The summed E-state index contributed by atoms with van der Waals surface area (Å²) in [6, 6.07) is 46.1. The fourth-order valence-electron chi connectivity index (χ4n) is 6.27. The minimum absolute atomic E-state index is 0.125. The van der Waals surface area contributed by atoms with Crippen LogP contribution < -0.4 is 15.6 Å². The Morgan fingerprint density at radius 2 is 0.795 bits per heavy atom. The summed E-state index contributed by atoms with van der Waals surface area (Å²) in [6.07, 6.45) is 4.41. The molecular formula is C36H28FSSi+. The Balaban J connectivity index is 1.79. The number of hydrogen-bond acceptors (Lipinski definition) is 0. The monoisotopic (exact) mass is 539 g/mol. The lowest BCUT2D eigenvalue weighted by atomic mass is 10.0. The maximum atomic E-state index is 19.7. The largest absolute Gasteiger partial charge is 0.346 e. The van der Waals surface area contributed by atoms with Crippen LogP contribution in [-0.2, 0) is 10.9 Å². The zero-order chi connectivity index (χ0) is 26.6. The number of fused-ring (bicyclic) bond motifs is 4. The van der Waals surface area contributed by atoms with E-state index in [9.17, 15) is 0 Å². The summed E-state index contributed by atoms with van der Waals surface area (Å²) in [5, 5.41) is 10.9. The van der Waals surface area contributed by atoms with Crippen molar-refractivity contribution in [2.45, 2.75) is 4.90 Å². The molecule has 0 saturated carbocycles. The van der Waals surface area contributed by atoms with E-state index in [1.165, 1.54) is 0 Å². The van der Waals surface area contributed by atoms with Crippen LogP contribution in [0.5, 0.6) is 0 Å². The van der Waals surface area contributed by atoms with E-state index in [-0.39, 0.29) is 10.9 Å². The van der Waals surface area contributed by atoms with Gasteiger partial charge in [-0.2, -0.15) is 0 Å². The Kier molecular flexibility index (Phi) is 5.80. The summed E-state index contributed by atoms with van der Waals surface area (Å²) in [5.41, 5.74) is 0. The Bertz CT molecular complexity index is 1800. The highest BCUT2D eigenvalue weighted by atomic mass is 32.2. The normalized spacial score (nSPS) is 12.2. The van der Waals surface area contributed by atoms with Crippen molar-refractivity contribution >= 4 is 78.0 Å². The van der Waals surface area contributed by atoms with E-state index in [2.05, 4.69) is 116 Å². The second kappa shape index (κ2) is 9.37. The average Bonchev–Trinajstić information content (AvgIpc) is 2.98. The molecule has 0 bridgehead atoms. The van der Waals surface area contributed by atoms with Crippen LogP contribution in [-0.4, -0.2) is 20.9 Å². The Morgan fingerprint density at radius 1 is 0.462 bits per heavy atom. The van der Waals surface area contributed by atoms with Gasteiger partial charge in [0.15, 0.2) is 4.90 Å². The van der Waals surface area contributed by atoms with Gasteiger partial charge in [-0.1, -0.05) is 115 Å². The van der Waals surface area contributed by atoms with Gasteiger partial charge in [0.05, 0.1) is 0 Å². The SMILES string of the molecule is C[S+](C)c1ccccc1[Si](F)(c1c2ccccc2cc2ccccc12)c1c2ccccc2cc2ccccc12. The third-order valence-electron chi connectivity index (χ3n) is 7.93. The third kappa shape index (κ3) is 3.72. The molecule has 7 aromatic rings. The minimum Gasteiger partial charge on any atom is -0.295 e. The molecule has 0 spiro atoms. The van der Waals surface area contributed by atoms with Crippen LogP contribution in [0.2, 0.25) is 0 Å². The lowest BCUT2D eigenvalue weighted by Gasteiger charge is -2.30. The number of halogens is 1. The van der Waals surface area contributed by atoms with Gasteiger partial charge >= 0.3 is 8.41 Å². The summed E-state index contributed by atoms with van der Waals surface area (Å²) < 4.78 is 19.7. The molecule has 0 fully saturated rings. The molecule has 39 heavy (non-hydrogen) atoms. The maximum absolute atomic E-state index is 19.7. The zero-order valence-electron chi connectivity index (χ0n) is 22.0. The lowest BCUT2D eigenvalue weighted by Crippen LogP contribution is -2.65. The highest BCUT2D eigenvalue weighted by Gasteiger charge is 2.49. The standard InChI is InChI=1S/C36H28FSSi/c1-38(2)33-21-11-12-22-34(33)39(37,35-29-17-7-3-13-25(29)23-26-14-4-8-18-30(26)35)36-31-19-9-5-15-27(31)24-28-16-6-10-20-32(28)36/h3-24H,1-2H3/q+1. The van der Waals surface area contributed by atoms with Crippen molar-refractivity contribution in [3.63, 3.8) is 0 Å². The third-order valence-corrected chi connectivity index (χ3v) is 13.0. The van der Waals surface area contributed by atoms with Crippen molar-refractivity contribution in [3.8, 4) is 0 Å². The molecule has 0 aliphatic rings. The molecule has 0 heterocycles. The highest BCUT2D eigenvalue weighted by molar-refractivity contribution is 7.95. The first-order valence-electron chi connectivity index (χ1n) is 13.3. The molecule has 0 aliphatic heterocycles. The van der Waals surface area contributed by atoms with Gasteiger partial charge in [-0.3, -0.25) is 4.11 Å². The summed E-state index contributed by atoms with van der Waals surface area (Å²) in [5.74, 6) is 0. The first-order chi connectivity index (χ1) is 19.1. The molecule has 0 aromatic heterocycles. The minimum atomic E-state index is -4.14. The first-order valence-corrected chi connectivity index (χ1v) is 17.2. The Hall–Kier alpha value is -3.92. The van der Waals surface area contributed by atoms with Gasteiger partial charge < -0.3 is 0 Å². The first kappa shape index (κ1) is 24.1. The van der Waals surface area contributed by atoms with E-state index in [0.29, 0.717) is 0 Å². The molecule has 0 saturated heterocycles. The molecule has 0 unspecified atom stereocenters. The molecule has 0 atom stereocenters. The van der Waals surface area contributed by atoms with Gasteiger partial charge in [0.2, 0.25) is 0 Å². The van der Waals surface area contributed by atoms with Gasteiger partial charge in [-0.25, -0.2) is 0 Å². The van der Waals surface area contributed by atoms with E-state index in [0.717, 1.165) is 63.5 Å². The molecule has 3 heteroatoms. The predicted molar refractivity (Wildman–Crippen MR) is 173 cm³/mol. The van der Waals surface area contributed by atoms with Gasteiger partial charge in [-0.05, 0) is 71.7 Å². The molecule has 0 N–H and O–H groups in total. The summed E-state index contributed by atoms with van der Waals surface area (Å²) in [7, 11) is -4.26. The topological polar surface area (TPSA) is 0 Å². The van der Waals surface area contributed by atoms with Crippen molar-refractivity contribution in [3.05, 3.63) is 133 Å². The van der Waals surface area contributed by atoms with Crippen molar-refractivity contribution in [1.29, 1.82) is 0 Å². The van der Waals surface area contributed by atoms with Gasteiger partial charge in [0.1, 0.15) is 12.5 Å². The highest BCUT2D eigenvalue weighted by Crippen LogP contribution is 2.31. The fraction of sp³-hybridized carbons (Fsp3) is 0.0556. The summed E-state index contributed by atoms with van der Waals surface area (Å²) in [4.78, 5) is 1.11. The van der Waals surface area contributed by atoms with Crippen molar-refractivity contribution < 1.29 is 4.11 Å². The van der Waals surface area contributed by atoms with Crippen LogP contribution in [0, 0.1) is 0 Å². The molecule has 0 aliphatic carbocycles. The van der Waals surface area contributed by atoms with Crippen LogP contribution in [0.15, 0.2) is 138 Å². The van der Waals surface area contributed by atoms with Crippen molar-refractivity contribution in [2.75, 3.05) is 12.5 Å². The van der Waals surface area contributed by atoms with E-state index in [1.54, 1.807) is 0 Å². The van der Waals surface area contributed by atoms with Gasteiger partial charge in [0, 0.05) is 16.1 Å². The average molecular weight is 540 g/mol. The second-order valence-electron chi connectivity index (χ2n) is 10.4. The molecule has 7 rings (SSSR count). The molecule has 0 nitrogen and oxygen atoms in total. The summed E-state index contributed by atoms with van der Waals surface area (Å²) >= 11 is 0. The van der Waals surface area contributed by atoms with Crippen LogP contribution in [0.1, 0.15) is 0 Å². The molecular weight excluding hydrogens is 512 g/mol. The van der Waals surface area contributed by atoms with E-state index in [1.807, 2.05) is 30.3 Å². The van der Waals surface area contributed by atoms with Crippen LogP contribution in [0.3, 0.4) is 0 Å². The van der Waals surface area contributed by atoms with Crippen molar-refractivity contribution in [2.24, 2.45) is 0 Å². The fourth-order valence-corrected chi connectivity index (χ4v) is 12.1. The van der Waals surface area contributed by atoms with Gasteiger partial charge in [-0.15, -0.1) is 0 Å². The number of benzene rings is 7. The molecule has 0 radical (unpaired) electrons. The maximum Gasteiger partial charge on any atom is 0.346 e. The second-order valence-corrected chi connectivity index (χ2v) is 15.3. The van der Waals surface area contributed by atoms with Crippen LogP contribution >= 0.6 is 0 Å². The van der Waals surface area contributed by atoms with E-state index in [4.69, 9.17) is 0 Å². The Morgan fingerprint density at radius 3 is 1.18 bits per heavy atom. The molecule has 7 aromatic carbocycles. The zero-order valence-corrected chi connectivity index (χ0v) is 23.8. The van der Waals surface area contributed by atoms with E-state index >= 15 is 4.11 Å².